The lowest BCUT2D eigenvalue weighted by molar-refractivity contribution is 0.475. The Morgan fingerprint density at radius 3 is 3.08 bits per heavy atom. The molecule has 1 aromatic heterocycles. The van der Waals surface area contributed by atoms with Crippen LogP contribution < -0.4 is 5.43 Å². The third-order valence-electron chi connectivity index (χ3n) is 1.58. The minimum atomic E-state index is -0.271. The van der Waals surface area contributed by atoms with Crippen molar-refractivity contribution >= 4 is 11.0 Å². The van der Waals surface area contributed by atoms with E-state index in [4.69, 9.17) is 9.52 Å². The highest BCUT2D eigenvalue weighted by molar-refractivity contribution is 5.77. The maximum absolute atomic E-state index is 11.1. The Morgan fingerprint density at radius 2 is 2.25 bits per heavy atom. The smallest absolute Gasteiger partial charge is 0.200 e. The molecule has 1 N–H and O–H groups in total. The molecule has 0 aliphatic rings. The summed E-state index contributed by atoms with van der Waals surface area (Å²) in [6.07, 6.45) is 1.21. The van der Waals surface area contributed by atoms with Crippen LogP contribution in [0.15, 0.2) is 33.7 Å². The van der Waals surface area contributed by atoms with Gasteiger partial charge in [-0.2, -0.15) is 0 Å². The Balaban J connectivity index is 2.98. The first-order valence-electron chi connectivity index (χ1n) is 3.39. The molecule has 1 aromatic carbocycles. The van der Waals surface area contributed by atoms with Gasteiger partial charge in [0.05, 0.1) is 11.5 Å². The second kappa shape index (κ2) is 2.37. The van der Waals surface area contributed by atoms with Crippen molar-refractivity contribution in [3.8, 4) is 5.75 Å². The highest BCUT2D eigenvalue weighted by Gasteiger charge is 1.99. The number of hydrogen-bond acceptors (Lipinski definition) is 3. The summed E-state index contributed by atoms with van der Waals surface area (Å²) in [6.45, 7) is 0. The molecule has 0 spiro atoms. The van der Waals surface area contributed by atoms with Crippen LogP contribution in [0.2, 0.25) is 0 Å². The van der Waals surface area contributed by atoms with Crippen molar-refractivity contribution in [3.05, 3.63) is 40.8 Å². The zero-order valence-corrected chi connectivity index (χ0v) is 6.07. The SMILES string of the molecule is O=c1[c]coc2ccc(O)cc12. The van der Waals surface area contributed by atoms with E-state index in [1.807, 2.05) is 0 Å². The van der Waals surface area contributed by atoms with Crippen LogP contribution in [0.4, 0.5) is 0 Å². The predicted molar refractivity (Wildman–Crippen MR) is 43.0 cm³/mol. The van der Waals surface area contributed by atoms with Crippen molar-refractivity contribution in [2.45, 2.75) is 0 Å². The molecular weight excluding hydrogens is 156 g/mol. The van der Waals surface area contributed by atoms with Crippen LogP contribution in [0.3, 0.4) is 0 Å². The molecular formula is C9H5O3. The van der Waals surface area contributed by atoms with Gasteiger partial charge in [0.15, 0.2) is 0 Å². The molecule has 0 aliphatic heterocycles. The van der Waals surface area contributed by atoms with Gasteiger partial charge in [-0.15, -0.1) is 0 Å². The molecule has 0 fully saturated rings. The monoisotopic (exact) mass is 161 g/mol. The third-order valence-corrected chi connectivity index (χ3v) is 1.58. The van der Waals surface area contributed by atoms with Gasteiger partial charge in [0.25, 0.3) is 0 Å². The fourth-order valence-corrected chi connectivity index (χ4v) is 1.02. The van der Waals surface area contributed by atoms with Crippen molar-refractivity contribution in [1.29, 1.82) is 0 Å². The van der Waals surface area contributed by atoms with Crippen LogP contribution >= 0.6 is 0 Å². The lowest BCUT2D eigenvalue weighted by atomic mass is 10.2. The normalized spacial score (nSPS) is 10.3. The zero-order valence-electron chi connectivity index (χ0n) is 6.07. The first kappa shape index (κ1) is 6.91. The number of hydrogen-bond donors (Lipinski definition) is 1. The number of benzene rings is 1. The maximum atomic E-state index is 11.1. The molecule has 2 aromatic rings. The summed E-state index contributed by atoms with van der Waals surface area (Å²) in [6, 6.07) is 6.73. The van der Waals surface area contributed by atoms with Crippen LogP contribution in [-0.2, 0) is 0 Å². The molecule has 1 radical (unpaired) electrons. The molecule has 0 aliphatic carbocycles. The van der Waals surface area contributed by atoms with E-state index >= 15 is 0 Å². The fourth-order valence-electron chi connectivity index (χ4n) is 1.02. The molecule has 0 saturated carbocycles. The average molecular weight is 161 g/mol. The van der Waals surface area contributed by atoms with Crippen molar-refractivity contribution in [3.63, 3.8) is 0 Å². The van der Waals surface area contributed by atoms with E-state index in [-0.39, 0.29) is 11.2 Å². The number of fused-ring (bicyclic) bond motifs is 1. The van der Waals surface area contributed by atoms with Crippen LogP contribution in [0, 0.1) is 6.07 Å². The quantitative estimate of drug-likeness (QED) is 0.633. The summed E-state index contributed by atoms with van der Waals surface area (Å²) in [5.74, 6) is 0.0504. The van der Waals surface area contributed by atoms with Crippen LogP contribution in [0.1, 0.15) is 0 Å². The number of aromatic hydroxyl groups is 1. The van der Waals surface area contributed by atoms with Crippen LogP contribution in [0.5, 0.6) is 5.75 Å². The van der Waals surface area contributed by atoms with E-state index in [0.717, 1.165) is 0 Å². The van der Waals surface area contributed by atoms with Gasteiger partial charge in [0.1, 0.15) is 17.6 Å². The highest BCUT2D eigenvalue weighted by Crippen LogP contribution is 2.15. The van der Waals surface area contributed by atoms with Crippen LogP contribution in [0.25, 0.3) is 11.0 Å². The Morgan fingerprint density at radius 1 is 1.42 bits per heavy atom. The van der Waals surface area contributed by atoms with E-state index < -0.39 is 0 Å². The van der Waals surface area contributed by atoms with Gasteiger partial charge in [-0.1, -0.05) is 0 Å². The lowest BCUT2D eigenvalue weighted by Gasteiger charge is -1.94. The summed E-state index contributed by atoms with van der Waals surface area (Å²) in [7, 11) is 0. The molecule has 0 unspecified atom stereocenters. The maximum Gasteiger partial charge on any atom is 0.200 e. The molecule has 12 heavy (non-hydrogen) atoms. The van der Waals surface area contributed by atoms with E-state index in [2.05, 4.69) is 6.07 Å². The molecule has 1 heterocycles. The Kier molecular flexibility index (Phi) is 1.37. The number of phenols is 1. The number of phenolic OH excluding ortho intramolecular Hbond substituents is 1. The summed E-state index contributed by atoms with van der Waals surface area (Å²) in [4.78, 5) is 11.1. The van der Waals surface area contributed by atoms with Crippen LogP contribution in [-0.4, -0.2) is 5.11 Å². The Bertz CT molecular complexity index is 470. The van der Waals surface area contributed by atoms with E-state index in [1.165, 1.54) is 18.4 Å². The molecule has 0 atom stereocenters. The van der Waals surface area contributed by atoms with Gasteiger partial charge in [0.2, 0.25) is 5.43 Å². The van der Waals surface area contributed by atoms with Crippen molar-refractivity contribution in [2.24, 2.45) is 0 Å². The van der Waals surface area contributed by atoms with E-state index in [0.29, 0.717) is 11.0 Å². The zero-order chi connectivity index (χ0) is 8.55. The first-order valence-corrected chi connectivity index (χ1v) is 3.39. The minimum absolute atomic E-state index is 0.0504. The van der Waals surface area contributed by atoms with Gasteiger partial charge < -0.3 is 9.52 Å². The largest absolute Gasteiger partial charge is 0.508 e. The van der Waals surface area contributed by atoms with Gasteiger partial charge in [-0.05, 0) is 18.2 Å². The van der Waals surface area contributed by atoms with Gasteiger partial charge in [-0.3, -0.25) is 4.79 Å². The topological polar surface area (TPSA) is 50.4 Å². The van der Waals surface area contributed by atoms with Crippen molar-refractivity contribution < 1.29 is 9.52 Å². The lowest BCUT2D eigenvalue weighted by Crippen LogP contribution is -1.97. The Hall–Kier alpha value is -1.77. The summed E-state index contributed by atoms with van der Waals surface area (Å²) in [5, 5.41) is 9.41. The predicted octanol–water partition coefficient (Wildman–Crippen LogP) is 1.30. The summed E-state index contributed by atoms with van der Waals surface area (Å²) < 4.78 is 4.98. The molecule has 59 valence electrons. The second-order valence-corrected chi connectivity index (χ2v) is 2.39. The minimum Gasteiger partial charge on any atom is -0.508 e. The first-order chi connectivity index (χ1) is 5.77. The van der Waals surface area contributed by atoms with E-state index in [9.17, 15) is 4.79 Å². The summed E-state index contributed by atoms with van der Waals surface area (Å²) in [5.41, 5.74) is 0.184. The molecule has 0 amide bonds. The van der Waals surface area contributed by atoms with E-state index in [1.54, 1.807) is 6.07 Å². The molecule has 2 rings (SSSR count). The average Bonchev–Trinajstić information content (AvgIpc) is 2.07. The summed E-state index contributed by atoms with van der Waals surface area (Å²) >= 11 is 0. The number of rotatable bonds is 0. The molecule has 0 bridgehead atoms. The van der Waals surface area contributed by atoms with Gasteiger partial charge in [0, 0.05) is 0 Å². The molecule has 0 saturated heterocycles. The molecule has 3 nitrogen and oxygen atoms in total. The third kappa shape index (κ3) is 0.955. The van der Waals surface area contributed by atoms with Gasteiger partial charge in [-0.25, -0.2) is 0 Å². The standard InChI is InChI=1S/C9H5O3/c10-6-1-2-9-7(5-6)8(11)3-4-12-9/h1-2,4-5,10H. The fraction of sp³-hybridized carbons (Fsp3) is 0. The highest BCUT2D eigenvalue weighted by atomic mass is 16.3. The second-order valence-electron chi connectivity index (χ2n) is 2.39. The van der Waals surface area contributed by atoms with Crippen molar-refractivity contribution in [2.75, 3.05) is 0 Å². The van der Waals surface area contributed by atoms with Crippen molar-refractivity contribution in [1.82, 2.24) is 0 Å². The van der Waals surface area contributed by atoms with Gasteiger partial charge >= 0.3 is 0 Å². The molecule has 3 heteroatoms. The Labute approximate surface area is 67.9 Å².